The van der Waals surface area contributed by atoms with E-state index in [-0.39, 0.29) is 17.9 Å². The summed E-state index contributed by atoms with van der Waals surface area (Å²) in [5.41, 5.74) is 2.02. The first-order chi connectivity index (χ1) is 14.2. The fraction of sp³-hybridized carbons (Fsp3) is 0.304. The Hall–Kier alpha value is -3.12. The van der Waals surface area contributed by atoms with Gasteiger partial charge in [-0.1, -0.05) is 24.3 Å². The van der Waals surface area contributed by atoms with Gasteiger partial charge in [-0.25, -0.2) is 0 Å². The van der Waals surface area contributed by atoms with Crippen LogP contribution in [0.2, 0.25) is 0 Å². The second-order valence-corrected chi connectivity index (χ2v) is 6.82. The Bertz CT molecular complexity index is 855. The zero-order chi connectivity index (χ0) is 20.5. The SMILES string of the molecule is CNC(=O)c1ccc(/C=C/C(=O)Nc2ccccc2OCC2CCCCO2)cc1. The van der Waals surface area contributed by atoms with Gasteiger partial charge in [-0.15, -0.1) is 0 Å². The molecule has 0 radical (unpaired) electrons. The van der Waals surface area contributed by atoms with Gasteiger partial charge in [0.25, 0.3) is 5.91 Å². The summed E-state index contributed by atoms with van der Waals surface area (Å²) in [4.78, 5) is 23.9. The molecule has 1 fully saturated rings. The predicted octanol–water partition coefficient (Wildman–Crippen LogP) is 3.65. The van der Waals surface area contributed by atoms with Gasteiger partial charge in [-0.05, 0) is 55.2 Å². The van der Waals surface area contributed by atoms with Gasteiger partial charge in [0.1, 0.15) is 12.4 Å². The van der Waals surface area contributed by atoms with Crippen molar-refractivity contribution in [2.45, 2.75) is 25.4 Å². The molecular weight excluding hydrogens is 368 g/mol. The number of rotatable bonds is 7. The number of hydrogen-bond acceptors (Lipinski definition) is 4. The molecule has 0 saturated carbocycles. The second kappa shape index (κ2) is 10.4. The van der Waals surface area contributed by atoms with E-state index < -0.39 is 0 Å². The molecule has 2 aromatic rings. The van der Waals surface area contributed by atoms with Gasteiger partial charge in [0.05, 0.1) is 11.8 Å². The number of anilines is 1. The van der Waals surface area contributed by atoms with Crippen molar-refractivity contribution in [3.63, 3.8) is 0 Å². The molecule has 0 spiro atoms. The number of hydrogen-bond donors (Lipinski definition) is 2. The van der Waals surface area contributed by atoms with Gasteiger partial charge in [0.2, 0.25) is 5.91 Å². The average molecular weight is 394 g/mol. The van der Waals surface area contributed by atoms with Crippen LogP contribution in [-0.2, 0) is 9.53 Å². The van der Waals surface area contributed by atoms with Gasteiger partial charge in [-0.2, -0.15) is 0 Å². The van der Waals surface area contributed by atoms with Crippen molar-refractivity contribution in [2.75, 3.05) is 25.6 Å². The maximum Gasteiger partial charge on any atom is 0.251 e. The molecule has 0 aromatic heterocycles. The molecule has 2 amide bonds. The number of ether oxygens (including phenoxy) is 2. The lowest BCUT2D eigenvalue weighted by Crippen LogP contribution is -2.26. The van der Waals surface area contributed by atoms with E-state index in [1.54, 1.807) is 43.5 Å². The Labute approximate surface area is 170 Å². The lowest BCUT2D eigenvalue weighted by atomic mass is 10.1. The lowest BCUT2D eigenvalue weighted by molar-refractivity contribution is -0.111. The summed E-state index contributed by atoms with van der Waals surface area (Å²) in [6, 6.07) is 14.4. The first kappa shape index (κ1) is 20.6. The van der Waals surface area contributed by atoms with Gasteiger partial charge in [-0.3, -0.25) is 9.59 Å². The average Bonchev–Trinajstić information content (AvgIpc) is 2.77. The summed E-state index contributed by atoms with van der Waals surface area (Å²) < 4.78 is 11.6. The highest BCUT2D eigenvalue weighted by molar-refractivity contribution is 6.02. The number of carbonyl (C=O) groups is 2. The van der Waals surface area contributed by atoms with E-state index >= 15 is 0 Å². The monoisotopic (exact) mass is 394 g/mol. The molecule has 1 heterocycles. The fourth-order valence-corrected chi connectivity index (χ4v) is 3.05. The van der Waals surface area contributed by atoms with Crippen LogP contribution in [0.3, 0.4) is 0 Å². The van der Waals surface area contributed by atoms with Crippen molar-refractivity contribution >= 4 is 23.6 Å². The molecule has 3 rings (SSSR count). The molecule has 1 aliphatic rings. The van der Waals surface area contributed by atoms with E-state index in [0.29, 0.717) is 23.6 Å². The maximum atomic E-state index is 12.3. The first-order valence-electron chi connectivity index (χ1n) is 9.80. The van der Waals surface area contributed by atoms with Crippen molar-refractivity contribution in [2.24, 2.45) is 0 Å². The molecule has 152 valence electrons. The topological polar surface area (TPSA) is 76.7 Å². The number of benzene rings is 2. The van der Waals surface area contributed by atoms with Crippen LogP contribution in [0.5, 0.6) is 5.75 Å². The summed E-state index contributed by atoms with van der Waals surface area (Å²) in [5, 5.41) is 5.43. The molecule has 1 unspecified atom stereocenters. The highest BCUT2D eigenvalue weighted by atomic mass is 16.5. The number of para-hydroxylation sites is 2. The van der Waals surface area contributed by atoms with Crippen LogP contribution in [0.4, 0.5) is 5.69 Å². The molecule has 0 aliphatic carbocycles. The van der Waals surface area contributed by atoms with Crippen LogP contribution in [0.25, 0.3) is 6.08 Å². The van der Waals surface area contributed by atoms with Crippen LogP contribution in [0.1, 0.15) is 35.2 Å². The highest BCUT2D eigenvalue weighted by Gasteiger charge is 2.15. The summed E-state index contributed by atoms with van der Waals surface area (Å²) in [7, 11) is 1.59. The van der Waals surface area contributed by atoms with Crippen LogP contribution in [0.15, 0.2) is 54.6 Å². The minimum atomic E-state index is -0.259. The van der Waals surface area contributed by atoms with Crippen molar-refractivity contribution in [3.05, 3.63) is 65.7 Å². The van der Waals surface area contributed by atoms with Crippen molar-refractivity contribution in [1.29, 1.82) is 0 Å². The Balaban J connectivity index is 1.57. The third-order valence-corrected chi connectivity index (χ3v) is 4.67. The molecule has 1 saturated heterocycles. The molecule has 1 atom stereocenters. The van der Waals surface area contributed by atoms with Crippen LogP contribution >= 0.6 is 0 Å². The van der Waals surface area contributed by atoms with Crippen LogP contribution < -0.4 is 15.4 Å². The second-order valence-electron chi connectivity index (χ2n) is 6.82. The zero-order valence-corrected chi connectivity index (χ0v) is 16.5. The zero-order valence-electron chi connectivity index (χ0n) is 16.5. The minimum Gasteiger partial charge on any atom is -0.489 e. The summed E-state index contributed by atoms with van der Waals surface area (Å²) >= 11 is 0. The van der Waals surface area contributed by atoms with E-state index in [4.69, 9.17) is 9.47 Å². The number of carbonyl (C=O) groups excluding carboxylic acids is 2. The molecule has 1 aliphatic heterocycles. The van der Waals surface area contributed by atoms with Crippen molar-refractivity contribution in [1.82, 2.24) is 5.32 Å². The Morgan fingerprint density at radius 1 is 1.14 bits per heavy atom. The van der Waals surface area contributed by atoms with Gasteiger partial charge in [0.15, 0.2) is 0 Å². The summed E-state index contributed by atoms with van der Waals surface area (Å²) in [5.74, 6) is 0.220. The molecule has 2 N–H and O–H groups in total. The van der Waals surface area contributed by atoms with Gasteiger partial charge >= 0.3 is 0 Å². The van der Waals surface area contributed by atoms with Crippen molar-refractivity contribution < 1.29 is 19.1 Å². The minimum absolute atomic E-state index is 0.102. The van der Waals surface area contributed by atoms with Crippen LogP contribution in [0, 0.1) is 0 Å². The van der Waals surface area contributed by atoms with E-state index in [1.165, 1.54) is 6.08 Å². The van der Waals surface area contributed by atoms with E-state index in [9.17, 15) is 9.59 Å². The molecule has 0 bridgehead atoms. The third-order valence-electron chi connectivity index (χ3n) is 4.67. The molecule has 29 heavy (non-hydrogen) atoms. The number of nitrogens with one attached hydrogen (secondary N) is 2. The molecule has 6 heteroatoms. The Morgan fingerprint density at radius 2 is 1.93 bits per heavy atom. The van der Waals surface area contributed by atoms with Gasteiger partial charge < -0.3 is 20.1 Å². The predicted molar refractivity (Wildman–Crippen MR) is 113 cm³/mol. The smallest absolute Gasteiger partial charge is 0.251 e. The molecule has 2 aromatic carbocycles. The summed E-state index contributed by atoms with van der Waals surface area (Å²) in [6.45, 7) is 1.25. The van der Waals surface area contributed by atoms with E-state index in [1.807, 2.05) is 18.2 Å². The summed E-state index contributed by atoms with van der Waals surface area (Å²) in [6.07, 6.45) is 6.50. The maximum absolute atomic E-state index is 12.3. The number of amides is 2. The standard InChI is InChI=1S/C23H26N2O4/c1-24-23(27)18-12-9-17(10-13-18)11-14-22(26)25-20-7-2-3-8-21(20)29-16-19-6-4-5-15-28-19/h2-3,7-14,19H,4-6,15-16H2,1H3,(H,24,27)(H,25,26)/b14-11+. The third kappa shape index (κ3) is 6.19. The van der Waals surface area contributed by atoms with Crippen molar-refractivity contribution in [3.8, 4) is 5.75 Å². The van der Waals surface area contributed by atoms with E-state index in [2.05, 4.69) is 10.6 Å². The van der Waals surface area contributed by atoms with Crippen LogP contribution in [-0.4, -0.2) is 38.2 Å². The van der Waals surface area contributed by atoms with E-state index in [0.717, 1.165) is 31.4 Å². The normalized spacial score (nSPS) is 16.4. The first-order valence-corrected chi connectivity index (χ1v) is 9.80. The quantitative estimate of drug-likeness (QED) is 0.703. The van der Waals surface area contributed by atoms with Gasteiger partial charge in [0, 0.05) is 25.3 Å². The largest absolute Gasteiger partial charge is 0.489 e. The fourth-order valence-electron chi connectivity index (χ4n) is 3.05. The lowest BCUT2D eigenvalue weighted by Gasteiger charge is -2.23. The molecular formula is C23H26N2O4. The highest BCUT2D eigenvalue weighted by Crippen LogP contribution is 2.25. The Kier molecular flexibility index (Phi) is 7.41. The Morgan fingerprint density at radius 3 is 2.66 bits per heavy atom. The molecule has 6 nitrogen and oxygen atoms in total.